The Bertz CT molecular complexity index is 423. The Morgan fingerprint density at radius 3 is 2.84 bits per heavy atom. The number of nitrogens with one attached hydrogen (secondary N) is 1. The van der Waals surface area contributed by atoms with Gasteiger partial charge in [-0.3, -0.25) is 0 Å². The smallest absolute Gasteiger partial charge is 0.0593 e. The Morgan fingerprint density at radius 2 is 2.11 bits per heavy atom. The van der Waals surface area contributed by atoms with Gasteiger partial charge in [0.1, 0.15) is 0 Å². The van der Waals surface area contributed by atoms with Gasteiger partial charge in [-0.2, -0.15) is 0 Å². The topological polar surface area (TPSA) is 15.3 Å². The minimum atomic E-state index is 0.540. The van der Waals surface area contributed by atoms with Gasteiger partial charge in [0.15, 0.2) is 0 Å². The molecule has 0 bridgehead atoms. The molecular weight excluding hydrogens is 324 g/mol. The summed E-state index contributed by atoms with van der Waals surface area (Å²) in [6.45, 7) is 6.95. The summed E-state index contributed by atoms with van der Waals surface area (Å²) in [5, 5.41) is 4.40. The van der Waals surface area contributed by atoms with Crippen LogP contribution in [0.3, 0.4) is 0 Å². The molecular formula is C15H22BrClN2. The third-order valence-electron chi connectivity index (χ3n) is 3.80. The number of rotatable bonds is 3. The first-order valence-electron chi connectivity index (χ1n) is 7.02. The molecule has 106 valence electrons. The molecule has 1 N–H and O–H groups in total. The molecule has 1 unspecified atom stereocenters. The summed E-state index contributed by atoms with van der Waals surface area (Å²) in [4.78, 5) is 2.56. The molecule has 2 nitrogen and oxygen atoms in total. The Labute approximate surface area is 129 Å². The highest BCUT2D eigenvalue weighted by Gasteiger charge is 2.19. The number of hydrogen-bond donors (Lipinski definition) is 1. The van der Waals surface area contributed by atoms with E-state index in [1.165, 1.54) is 32.4 Å². The van der Waals surface area contributed by atoms with E-state index in [0.717, 1.165) is 15.2 Å². The molecule has 4 heteroatoms. The molecule has 0 amide bonds. The maximum absolute atomic E-state index is 6.13. The van der Waals surface area contributed by atoms with E-state index >= 15 is 0 Å². The van der Waals surface area contributed by atoms with Crippen molar-refractivity contribution in [3.05, 3.63) is 27.7 Å². The van der Waals surface area contributed by atoms with Crippen LogP contribution in [-0.4, -0.2) is 30.1 Å². The lowest BCUT2D eigenvalue weighted by Crippen LogP contribution is -2.32. The molecule has 0 aromatic heterocycles. The van der Waals surface area contributed by atoms with E-state index < -0.39 is 0 Å². The molecule has 1 fully saturated rings. The second kappa shape index (κ2) is 6.96. The van der Waals surface area contributed by atoms with Gasteiger partial charge in [-0.25, -0.2) is 0 Å². The van der Waals surface area contributed by atoms with Crippen molar-refractivity contribution >= 4 is 33.2 Å². The number of hydrogen-bond acceptors (Lipinski definition) is 2. The fraction of sp³-hybridized carbons (Fsp3) is 0.600. The minimum Gasteiger partial charge on any atom is -0.381 e. The zero-order valence-corrected chi connectivity index (χ0v) is 14.0. The molecule has 1 heterocycles. The largest absolute Gasteiger partial charge is 0.381 e. The highest BCUT2D eigenvalue weighted by Crippen LogP contribution is 2.31. The van der Waals surface area contributed by atoms with Crippen molar-refractivity contribution in [2.45, 2.75) is 45.2 Å². The highest BCUT2D eigenvalue weighted by molar-refractivity contribution is 9.10. The van der Waals surface area contributed by atoms with Gasteiger partial charge >= 0.3 is 0 Å². The molecule has 0 aliphatic carbocycles. The third kappa shape index (κ3) is 4.11. The van der Waals surface area contributed by atoms with Crippen LogP contribution in [0, 0.1) is 0 Å². The Balaban J connectivity index is 1.98. The van der Waals surface area contributed by atoms with Gasteiger partial charge in [0.2, 0.25) is 0 Å². The first-order chi connectivity index (χ1) is 9.08. The maximum Gasteiger partial charge on any atom is 0.0593 e. The quantitative estimate of drug-likeness (QED) is 0.848. The molecule has 19 heavy (non-hydrogen) atoms. The van der Waals surface area contributed by atoms with Crippen LogP contribution in [0.4, 0.5) is 5.69 Å². The predicted octanol–water partition coefficient (Wildman–Crippen LogP) is 4.78. The van der Waals surface area contributed by atoms with Crippen molar-refractivity contribution in [1.82, 2.24) is 4.90 Å². The Kier molecular flexibility index (Phi) is 5.55. The van der Waals surface area contributed by atoms with Crippen LogP contribution in [-0.2, 0) is 0 Å². The van der Waals surface area contributed by atoms with Gasteiger partial charge in [-0.15, -0.1) is 0 Å². The molecule has 0 radical (unpaired) electrons. The van der Waals surface area contributed by atoms with E-state index in [4.69, 9.17) is 11.6 Å². The van der Waals surface area contributed by atoms with Crippen LogP contribution in [0.5, 0.6) is 0 Å². The van der Waals surface area contributed by atoms with Crippen LogP contribution in [0.15, 0.2) is 22.7 Å². The van der Waals surface area contributed by atoms with Gasteiger partial charge in [0.05, 0.1) is 15.2 Å². The summed E-state index contributed by atoms with van der Waals surface area (Å²) in [5.74, 6) is 0. The van der Waals surface area contributed by atoms with Crippen molar-refractivity contribution in [2.24, 2.45) is 0 Å². The zero-order chi connectivity index (χ0) is 13.8. The Morgan fingerprint density at radius 1 is 1.32 bits per heavy atom. The molecule has 0 saturated carbocycles. The minimum absolute atomic E-state index is 0.540. The van der Waals surface area contributed by atoms with Crippen LogP contribution in [0.1, 0.15) is 33.1 Å². The van der Waals surface area contributed by atoms with E-state index in [1.807, 2.05) is 12.1 Å². The highest BCUT2D eigenvalue weighted by atomic mass is 79.9. The van der Waals surface area contributed by atoms with Crippen molar-refractivity contribution in [2.75, 3.05) is 18.4 Å². The first-order valence-corrected chi connectivity index (χ1v) is 8.19. The average molecular weight is 346 g/mol. The van der Waals surface area contributed by atoms with E-state index in [0.29, 0.717) is 12.1 Å². The number of likely N-dealkylation sites (tertiary alicyclic amines) is 1. The first kappa shape index (κ1) is 15.1. The van der Waals surface area contributed by atoms with Gasteiger partial charge in [0, 0.05) is 18.6 Å². The molecule has 1 aliphatic heterocycles. The molecule has 1 aromatic carbocycles. The number of benzene rings is 1. The summed E-state index contributed by atoms with van der Waals surface area (Å²) in [7, 11) is 0. The van der Waals surface area contributed by atoms with E-state index in [2.05, 4.69) is 46.1 Å². The molecule has 1 aliphatic rings. The second-order valence-electron chi connectivity index (χ2n) is 5.50. The van der Waals surface area contributed by atoms with Crippen molar-refractivity contribution in [1.29, 1.82) is 0 Å². The summed E-state index contributed by atoms with van der Waals surface area (Å²) < 4.78 is 0.974. The van der Waals surface area contributed by atoms with Gasteiger partial charge < -0.3 is 10.2 Å². The summed E-state index contributed by atoms with van der Waals surface area (Å²) >= 11 is 9.69. The maximum atomic E-state index is 6.13. The summed E-state index contributed by atoms with van der Waals surface area (Å²) in [5.41, 5.74) is 1.11. The zero-order valence-electron chi connectivity index (χ0n) is 11.6. The van der Waals surface area contributed by atoms with Crippen LogP contribution < -0.4 is 5.32 Å². The molecule has 1 aromatic rings. The van der Waals surface area contributed by atoms with E-state index in [1.54, 1.807) is 0 Å². The fourth-order valence-corrected chi connectivity index (χ4v) is 3.17. The molecule has 1 saturated heterocycles. The number of anilines is 1. The van der Waals surface area contributed by atoms with Crippen LogP contribution in [0.25, 0.3) is 0 Å². The van der Waals surface area contributed by atoms with Crippen LogP contribution in [0.2, 0.25) is 5.02 Å². The predicted molar refractivity (Wildman–Crippen MR) is 87.1 cm³/mol. The molecule has 1 atom stereocenters. The van der Waals surface area contributed by atoms with Crippen molar-refractivity contribution in [3.63, 3.8) is 0 Å². The van der Waals surface area contributed by atoms with Gasteiger partial charge in [-0.1, -0.05) is 17.7 Å². The van der Waals surface area contributed by atoms with Crippen LogP contribution >= 0.6 is 27.5 Å². The SMILES string of the molecule is CC(C)N1CCCC(Nc2cccc(Cl)c2Br)CC1. The Hall–Kier alpha value is -0.250. The second-order valence-corrected chi connectivity index (χ2v) is 6.70. The standard InChI is InChI=1S/C15H22BrClN2/c1-11(2)19-9-4-5-12(8-10-19)18-14-7-3-6-13(17)15(14)16/h3,6-7,11-12,18H,4-5,8-10H2,1-2H3. The normalized spacial score (nSPS) is 21.4. The van der Waals surface area contributed by atoms with E-state index in [-0.39, 0.29) is 0 Å². The van der Waals surface area contributed by atoms with E-state index in [9.17, 15) is 0 Å². The van der Waals surface area contributed by atoms with Gasteiger partial charge in [-0.05, 0) is 67.7 Å². The lowest BCUT2D eigenvalue weighted by Gasteiger charge is -2.24. The third-order valence-corrected chi connectivity index (χ3v) is 5.20. The van der Waals surface area contributed by atoms with Crippen molar-refractivity contribution in [3.8, 4) is 0 Å². The monoisotopic (exact) mass is 344 g/mol. The van der Waals surface area contributed by atoms with Crippen molar-refractivity contribution < 1.29 is 0 Å². The number of halogens is 2. The molecule has 0 spiro atoms. The average Bonchev–Trinajstić information content (AvgIpc) is 2.60. The summed E-state index contributed by atoms with van der Waals surface area (Å²) in [6, 6.07) is 7.17. The number of nitrogens with zero attached hydrogens (tertiary/aromatic N) is 1. The van der Waals surface area contributed by atoms with Gasteiger partial charge in [0.25, 0.3) is 0 Å². The molecule has 2 rings (SSSR count). The lowest BCUT2D eigenvalue weighted by atomic mass is 10.1. The summed E-state index contributed by atoms with van der Waals surface area (Å²) in [6.07, 6.45) is 3.67. The lowest BCUT2D eigenvalue weighted by molar-refractivity contribution is 0.230. The fourth-order valence-electron chi connectivity index (χ4n) is 2.61.